The molecule has 1 aromatic rings. The first-order valence-corrected chi connectivity index (χ1v) is 6.98. The number of hydrogen-bond donors (Lipinski definition) is 1. The van der Waals surface area contributed by atoms with Crippen LogP contribution in [0.5, 0.6) is 0 Å². The summed E-state index contributed by atoms with van der Waals surface area (Å²) >= 11 is 3.33. The number of hydrogen-bond acceptors (Lipinski definition) is 1. The normalized spacial score (nSPS) is 14.6. The molecule has 0 spiro atoms. The van der Waals surface area contributed by atoms with Crippen molar-refractivity contribution in [1.82, 2.24) is 5.32 Å². The van der Waals surface area contributed by atoms with Crippen LogP contribution in [-0.4, -0.2) is 13.1 Å². The fourth-order valence-corrected chi connectivity index (χ4v) is 2.74. The van der Waals surface area contributed by atoms with Crippen LogP contribution in [0, 0.1) is 11.7 Å². The number of likely N-dealkylation sites (N-methyl/N-ethyl adjacent to an activating group) is 1. The van der Waals surface area contributed by atoms with Gasteiger partial charge in [-0.15, -0.1) is 0 Å². The van der Waals surface area contributed by atoms with Crippen molar-refractivity contribution in [3.8, 4) is 0 Å². The molecule has 2 atom stereocenters. The Bertz CT molecular complexity index is 334. The molecular formula is C14H21BrFN. The largest absolute Gasteiger partial charge is 0.316 e. The van der Waals surface area contributed by atoms with Gasteiger partial charge in [-0.25, -0.2) is 4.39 Å². The highest BCUT2D eigenvalue weighted by Crippen LogP contribution is 2.19. The highest BCUT2D eigenvalue weighted by Gasteiger charge is 2.15. The lowest BCUT2D eigenvalue weighted by Gasteiger charge is -2.23. The van der Waals surface area contributed by atoms with Gasteiger partial charge in [0.1, 0.15) is 5.82 Å². The fraction of sp³-hybridized carbons (Fsp3) is 0.571. The monoisotopic (exact) mass is 301 g/mol. The average Bonchev–Trinajstić information content (AvgIpc) is 2.24. The Hall–Kier alpha value is -0.410. The van der Waals surface area contributed by atoms with Crippen LogP contribution < -0.4 is 5.32 Å². The van der Waals surface area contributed by atoms with Crippen LogP contribution in [0.15, 0.2) is 22.7 Å². The van der Waals surface area contributed by atoms with Crippen LogP contribution in [0.2, 0.25) is 0 Å². The van der Waals surface area contributed by atoms with Crippen molar-refractivity contribution in [1.29, 1.82) is 0 Å². The molecule has 0 radical (unpaired) electrons. The minimum Gasteiger partial charge on any atom is -0.316 e. The molecule has 17 heavy (non-hydrogen) atoms. The summed E-state index contributed by atoms with van der Waals surface area (Å²) in [6.07, 6.45) is 3.25. The zero-order chi connectivity index (χ0) is 12.8. The molecule has 3 heteroatoms. The molecule has 0 aliphatic carbocycles. The van der Waals surface area contributed by atoms with Crippen molar-refractivity contribution in [2.45, 2.75) is 39.2 Å². The fourth-order valence-electron chi connectivity index (χ4n) is 2.23. The van der Waals surface area contributed by atoms with Crippen LogP contribution >= 0.6 is 15.9 Å². The first kappa shape index (κ1) is 14.7. The van der Waals surface area contributed by atoms with E-state index in [9.17, 15) is 4.39 Å². The van der Waals surface area contributed by atoms with E-state index in [4.69, 9.17) is 0 Å². The number of rotatable bonds is 6. The summed E-state index contributed by atoms with van der Waals surface area (Å²) in [5.74, 6) is 0.430. The van der Waals surface area contributed by atoms with Crippen LogP contribution in [0.4, 0.5) is 4.39 Å². The third-order valence-electron chi connectivity index (χ3n) is 3.18. The van der Waals surface area contributed by atoms with E-state index in [1.807, 2.05) is 13.1 Å². The van der Waals surface area contributed by atoms with E-state index in [0.29, 0.717) is 12.0 Å². The van der Waals surface area contributed by atoms with Gasteiger partial charge in [0.25, 0.3) is 0 Å². The van der Waals surface area contributed by atoms with Gasteiger partial charge < -0.3 is 5.32 Å². The summed E-state index contributed by atoms with van der Waals surface area (Å²) in [5, 5.41) is 3.34. The van der Waals surface area contributed by atoms with Gasteiger partial charge in [0, 0.05) is 10.5 Å². The minimum absolute atomic E-state index is 0.174. The maximum Gasteiger partial charge on any atom is 0.124 e. The number of nitrogens with one attached hydrogen (secondary N) is 1. The zero-order valence-corrected chi connectivity index (χ0v) is 12.3. The summed E-state index contributed by atoms with van der Waals surface area (Å²) in [6, 6.07) is 5.51. The Morgan fingerprint density at radius 3 is 2.59 bits per heavy atom. The highest BCUT2D eigenvalue weighted by atomic mass is 79.9. The van der Waals surface area contributed by atoms with E-state index in [-0.39, 0.29) is 5.82 Å². The highest BCUT2D eigenvalue weighted by molar-refractivity contribution is 9.10. The number of halogens is 2. The lowest BCUT2D eigenvalue weighted by Crippen LogP contribution is -2.34. The Morgan fingerprint density at radius 2 is 2.06 bits per heavy atom. The smallest absolute Gasteiger partial charge is 0.124 e. The SMILES string of the molecule is CCCC(C)C(Cc1cc(F)cc(Br)c1)NC. The molecule has 2 unspecified atom stereocenters. The summed E-state index contributed by atoms with van der Waals surface area (Å²) in [6.45, 7) is 4.45. The lowest BCUT2D eigenvalue weighted by atomic mass is 9.92. The lowest BCUT2D eigenvalue weighted by molar-refractivity contribution is 0.371. The molecule has 1 N–H and O–H groups in total. The number of benzene rings is 1. The Kier molecular flexibility index (Phi) is 6.14. The molecule has 0 heterocycles. The molecule has 0 bridgehead atoms. The molecule has 0 aliphatic rings. The van der Waals surface area contributed by atoms with Gasteiger partial charge in [-0.3, -0.25) is 0 Å². The summed E-state index contributed by atoms with van der Waals surface area (Å²) in [5.41, 5.74) is 1.04. The van der Waals surface area contributed by atoms with E-state index in [1.54, 1.807) is 6.07 Å². The standard InChI is InChI=1S/C14H21BrFN/c1-4-5-10(2)14(17-3)8-11-6-12(15)9-13(16)7-11/h6-7,9-10,14,17H,4-5,8H2,1-3H3. The van der Waals surface area contributed by atoms with Gasteiger partial charge in [-0.05, 0) is 49.6 Å². The molecule has 96 valence electrons. The van der Waals surface area contributed by atoms with Gasteiger partial charge in [-0.1, -0.05) is 36.2 Å². The second-order valence-electron chi connectivity index (χ2n) is 4.64. The van der Waals surface area contributed by atoms with Crippen LogP contribution in [-0.2, 0) is 6.42 Å². The second-order valence-corrected chi connectivity index (χ2v) is 5.56. The quantitative estimate of drug-likeness (QED) is 0.832. The van der Waals surface area contributed by atoms with Crippen molar-refractivity contribution in [2.75, 3.05) is 7.05 Å². The van der Waals surface area contributed by atoms with Crippen molar-refractivity contribution in [3.63, 3.8) is 0 Å². The van der Waals surface area contributed by atoms with Crippen molar-refractivity contribution in [3.05, 3.63) is 34.1 Å². The maximum absolute atomic E-state index is 13.3. The third-order valence-corrected chi connectivity index (χ3v) is 3.64. The molecule has 0 aliphatic heterocycles. The van der Waals surface area contributed by atoms with E-state index in [0.717, 1.165) is 16.5 Å². The summed E-state index contributed by atoms with van der Waals surface area (Å²) < 4.78 is 14.1. The van der Waals surface area contributed by atoms with Crippen LogP contribution in [0.3, 0.4) is 0 Å². The molecular weight excluding hydrogens is 281 g/mol. The molecule has 0 aromatic heterocycles. The van der Waals surface area contributed by atoms with Crippen molar-refractivity contribution >= 4 is 15.9 Å². The van der Waals surface area contributed by atoms with Gasteiger partial charge in [-0.2, -0.15) is 0 Å². The van der Waals surface area contributed by atoms with E-state index in [2.05, 4.69) is 35.1 Å². The maximum atomic E-state index is 13.3. The van der Waals surface area contributed by atoms with E-state index in [1.165, 1.54) is 18.9 Å². The van der Waals surface area contributed by atoms with E-state index >= 15 is 0 Å². The van der Waals surface area contributed by atoms with Crippen LogP contribution in [0.25, 0.3) is 0 Å². The third kappa shape index (κ3) is 4.76. The average molecular weight is 302 g/mol. The van der Waals surface area contributed by atoms with Crippen LogP contribution in [0.1, 0.15) is 32.3 Å². The van der Waals surface area contributed by atoms with Gasteiger partial charge in [0.2, 0.25) is 0 Å². The molecule has 0 saturated carbocycles. The predicted molar refractivity (Wildman–Crippen MR) is 74.7 cm³/mol. The first-order valence-electron chi connectivity index (χ1n) is 6.19. The molecule has 0 amide bonds. The Morgan fingerprint density at radius 1 is 1.35 bits per heavy atom. The second kappa shape index (κ2) is 7.12. The van der Waals surface area contributed by atoms with Crippen molar-refractivity contribution < 1.29 is 4.39 Å². The Balaban J connectivity index is 2.73. The summed E-state index contributed by atoms with van der Waals surface area (Å²) in [7, 11) is 1.98. The zero-order valence-electron chi connectivity index (χ0n) is 10.8. The minimum atomic E-state index is -0.174. The van der Waals surface area contributed by atoms with Gasteiger partial charge >= 0.3 is 0 Å². The molecule has 0 fully saturated rings. The molecule has 1 nitrogen and oxygen atoms in total. The summed E-state index contributed by atoms with van der Waals surface area (Å²) in [4.78, 5) is 0. The first-order chi connectivity index (χ1) is 8.06. The van der Waals surface area contributed by atoms with Gasteiger partial charge in [0.15, 0.2) is 0 Å². The molecule has 1 rings (SSSR count). The van der Waals surface area contributed by atoms with E-state index < -0.39 is 0 Å². The topological polar surface area (TPSA) is 12.0 Å². The molecule has 1 aromatic carbocycles. The molecule has 0 saturated heterocycles. The van der Waals surface area contributed by atoms with Crippen molar-refractivity contribution in [2.24, 2.45) is 5.92 Å². The Labute approximate surface area is 112 Å². The predicted octanol–water partition coefficient (Wildman–Crippen LogP) is 4.15. The van der Waals surface area contributed by atoms with Gasteiger partial charge in [0.05, 0.1) is 0 Å².